The Bertz CT molecular complexity index is 1220. The molecule has 0 aliphatic rings. The van der Waals surface area contributed by atoms with Gasteiger partial charge in [0.25, 0.3) is 5.69 Å². The van der Waals surface area contributed by atoms with Crippen LogP contribution in [-0.2, 0) is 6.54 Å². The van der Waals surface area contributed by atoms with E-state index in [1.165, 1.54) is 6.07 Å². The van der Waals surface area contributed by atoms with Crippen LogP contribution in [-0.4, -0.2) is 20.7 Å². The first-order chi connectivity index (χ1) is 14.1. The number of aromatic nitrogens is 2. The van der Waals surface area contributed by atoms with Gasteiger partial charge in [0.1, 0.15) is 11.5 Å². The third-order valence-corrected chi connectivity index (χ3v) is 4.64. The van der Waals surface area contributed by atoms with E-state index in [-0.39, 0.29) is 5.69 Å². The maximum absolute atomic E-state index is 11.1. The fourth-order valence-corrected chi connectivity index (χ4v) is 3.17. The third-order valence-electron chi connectivity index (χ3n) is 4.64. The summed E-state index contributed by atoms with van der Waals surface area (Å²) in [5.74, 6) is 1.70. The van der Waals surface area contributed by atoms with E-state index in [0.717, 1.165) is 17.6 Å². The van der Waals surface area contributed by atoms with Gasteiger partial charge in [-0.05, 0) is 38.1 Å². The van der Waals surface area contributed by atoms with Crippen LogP contribution in [0.2, 0.25) is 0 Å². The zero-order chi connectivity index (χ0) is 20.4. The normalized spacial score (nSPS) is 11.4. The fourth-order valence-electron chi connectivity index (χ4n) is 3.17. The number of furan rings is 1. The predicted molar refractivity (Wildman–Crippen MR) is 112 cm³/mol. The van der Waals surface area contributed by atoms with Gasteiger partial charge in [-0.1, -0.05) is 24.3 Å². The molecule has 0 atom stereocenters. The number of para-hydroxylation sites is 2. The van der Waals surface area contributed by atoms with Crippen molar-refractivity contribution in [1.82, 2.24) is 9.55 Å². The van der Waals surface area contributed by atoms with Crippen molar-refractivity contribution in [3.8, 4) is 11.3 Å². The lowest BCUT2D eigenvalue weighted by Crippen LogP contribution is -2.01. The molecule has 0 radical (unpaired) electrons. The number of nitro benzene ring substituents is 1. The van der Waals surface area contributed by atoms with Crippen LogP contribution < -0.4 is 5.43 Å². The maximum Gasteiger partial charge on any atom is 0.273 e. The number of benzene rings is 2. The topological polar surface area (TPSA) is 98.5 Å². The number of fused-ring (bicyclic) bond motifs is 1. The van der Waals surface area contributed by atoms with Crippen molar-refractivity contribution in [2.75, 3.05) is 5.43 Å². The molecule has 146 valence electrons. The molecule has 4 rings (SSSR count). The van der Waals surface area contributed by atoms with Crippen molar-refractivity contribution in [2.45, 2.75) is 20.4 Å². The molecule has 0 aliphatic carbocycles. The largest absolute Gasteiger partial charge is 0.455 e. The van der Waals surface area contributed by atoms with Crippen molar-refractivity contribution in [3.05, 3.63) is 76.0 Å². The molecule has 0 fully saturated rings. The SMILES string of the molecule is CCn1c(N/N=C\c2ccc(-c3ccc(C)c([N+](=O)[O-])c3)o2)nc2ccccc21. The molecule has 0 bridgehead atoms. The summed E-state index contributed by atoms with van der Waals surface area (Å²) >= 11 is 0. The first-order valence-electron chi connectivity index (χ1n) is 9.16. The lowest BCUT2D eigenvalue weighted by molar-refractivity contribution is -0.385. The van der Waals surface area contributed by atoms with E-state index in [9.17, 15) is 10.1 Å². The summed E-state index contributed by atoms with van der Waals surface area (Å²) in [6, 6.07) is 16.4. The van der Waals surface area contributed by atoms with E-state index in [1.807, 2.05) is 35.8 Å². The molecule has 2 heterocycles. The van der Waals surface area contributed by atoms with E-state index >= 15 is 0 Å². The van der Waals surface area contributed by atoms with Crippen LogP contribution in [0.15, 0.2) is 64.1 Å². The molecular formula is C21H19N5O3. The monoisotopic (exact) mass is 389 g/mol. The molecule has 29 heavy (non-hydrogen) atoms. The number of aryl methyl sites for hydroxylation is 2. The van der Waals surface area contributed by atoms with Crippen LogP contribution in [0.5, 0.6) is 0 Å². The molecule has 0 saturated heterocycles. The molecule has 2 aromatic carbocycles. The fraction of sp³-hybridized carbons (Fsp3) is 0.143. The molecule has 8 heteroatoms. The highest BCUT2D eigenvalue weighted by Gasteiger charge is 2.13. The number of hydrogen-bond acceptors (Lipinski definition) is 6. The van der Waals surface area contributed by atoms with E-state index in [0.29, 0.717) is 28.6 Å². The Morgan fingerprint density at radius 2 is 2.07 bits per heavy atom. The second-order valence-electron chi connectivity index (χ2n) is 6.50. The number of hydrogen-bond donors (Lipinski definition) is 1. The zero-order valence-electron chi connectivity index (χ0n) is 16.0. The number of nitro groups is 1. The summed E-state index contributed by atoms with van der Waals surface area (Å²) in [6.45, 7) is 4.51. The highest BCUT2D eigenvalue weighted by atomic mass is 16.6. The standard InChI is InChI=1S/C21H19N5O3/c1-3-25-18-7-5-4-6-17(18)23-21(25)24-22-13-16-10-11-20(29-16)15-9-8-14(2)19(12-15)26(27)28/h4-13H,3H2,1-2H3,(H,23,24)/b22-13-. The second kappa shape index (κ2) is 7.59. The lowest BCUT2D eigenvalue weighted by atomic mass is 10.1. The maximum atomic E-state index is 11.1. The molecule has 0 saturated carbocycles. The Hall–Kier alpha value is -3.94. The molecule has 1 N–H and O–H groups in total. The minimum absolute atomic E-state index is 0.0641. The Kier molecular flexibility index (Phi) is 4.82. The minimum Gasteiger partial charge on any atom is -0.455 e. The average molecular weight is 389 g/mol. The van der Waals surface area contributed by atoms with Crippen molar-refractivity contribution in [3.63, 3.8) is 0 Å². The van der Waals surface area contributed by atoms with Gasteiger partial charge in [-0.2, -0.15) is 5.10 Å². The van der Waals surface area contributed by atoms with Crippen LogP contribution in [0, 0.1) is 17.0 Å². The van der Waals surface area contributed by atoms with Gasteiger partial charge < -0.3 is 8.98 Å². The molecule has 8 nitrogen and oxygen atoms in total. The molecule has 2 aromatic heterocycles. The van der Waals surface area contributed by atoms with Crippen molar-refractivity contribution < 1.29 is 9.34 Å². The second-order valence-corrected chi connectivity index (χ2v) is 6.50. The molecule has 0 unspecified atom stereocenters. The van der Waals surface area contributed by atoms with Crippen molar-refractivity contribution >= 4 is 28.9 Å². The van der Waals surface area contributed by atoms with Crippen LogP contribution in [0.1, 0.15) is 18.2 Å². The van der Waals surface area contributed by atoms with E-state index < -0.39 is 4.92 Å². The summed E-state index contributed by atoms with van der Waals surface area (Å²) in [6.07, 6.45) is 1.55. The molecular weight excluding hydrogens is 370 g/mol. The van der Waals surface area contributed by atoms with Gasteiger partial charge in [0.05, 0.1) is 22.2 Å². The van der Waals surface area contributed by atoms with Gasteiger partial charge in [0.2, 0.25) is 5.95 Å². The number of nitrogens with one attached hydrogen (secondary N) is 1. The molecule has 0 amide bonds. The predicted octanol–water partition coefficient (Wildman–Crippen LogP) is 4.98. The van der Waals surface area contributed by atoms with Gasteiger partial charge >= 0.3 is 0 Å². The third kappa shape index (κ3) is 3.60. The van der Waals surface area contributed by atoms with Gasteiger partial charge in [-0.3, -0.25) is 10.1 Å². The summed E-state index contributed by atoms with van der Waals surface area (Å²) in [4.78, 5) is 15.3. The Morgan fingerprint density at radius 1 is 1.24 bits per heavy atom. The van der Waals surface area contributed by atoms with E-state index in [4.69, 9.17) is 4.42 Å². The van der Waals surface area contributed by atoms with Crippen LogP contribution in [0.25, 0.3) is 22.4 Å². The quantitative estimate of drug-likeness (QED) is 0.285. The molecule has 0 aliphatic heterocycles. The zero-order valence-corrected chi connectivity index (χ0v) is 16.0. The number of imidazole rings is 1. The summed E-state index contributed by atoms with van der Waals surface area (Å²) in [7, 11) is 0. The van der Waals surface area contributed by atoms with Gasteiger partial charge in [0, 0.05) is 23.7 Å². The van der Waals surface area contributed by atoms with Crippen LogP contribution in [0.3, 0.4) is 0 Å². The number of rotatable bonds is 6. The Balaban J connectivity index is 1.54. The van der Waals surface area contributed by atoms with Gasteiger partial charge in [-0.25, -0.2) is 10.4 Å². The van der Waals surface area contributed by atoms with Crippen LogP contribution in [0.4, 0.5) is 11.6 Å². The molecule has 0 spiro atoms. The van der Waals surface area contributed by atoms with E-state index in [2.05, 4.69) is 15.5 Å². The average Bonchev–Trinajstić information content (AvgIpc) is 3.32. The van der Waals surface area contributed by atoms with Crippen molar-refractivity contribution in [2.24, 2.45) is 5.10 Å². The smallest absolute Gasteiger partial charge is 0.273 e. The summed E-state index contributed by atoms with van der Waals surface area (Å²) in [5, 5.41) is 15.4. The van der Waals surface area contributed by atoms with Gasteiger partial charge in [0.15, 0.2) is 0 Å². The minimum atomic E-state index is -0.395. The Morgan fingerprint density at radius 3 is 2.86 bits per heavy atom. The first kappa shape index (κ1) is 18.4. The summed E-state index contributed by atoms with van der Waals surface area (Å²) in [5.41, 5.74) is 6.20. The molecule has 4 aromatic rings. The lowest BCUT2D eigenvalue weighted by Gasteiger charge is -2.04. The highest BCUT2D eigenvalue weighted by molar-refractivity contribution is 5.80. The number of anilines is 1. The van der Waals surface area contributed by atoms with Crippen LogP contribution >= 0.6 is 0 Å². The number of hydrazone groups is 1. The van der Waals surface area contributed by atoms with Crippen molar-refractivity contribution in [1.29, 1.82) is 0 Å². The van der Waals surface area contributed by atoms with Gasteiger partial charge in [-0.15, -0.1) is 0 Å². The summed E-state index contributed by atoms with van der Waals surface area (Å²) < 4.78 is 7.79. The highest BCUT2D eigenvalue weighted by Crippen LogP contribution is 2.28. The van der Waals surface area contributed by atoms with E-state index in [1.54, 1.807) is 37.4 Å². The number of nitrogens with zero attached hydrogens (tertiary/aromatic N) is 4. The first-order valence-corrected chi connectivity index (χ1v) is 9.16. The Labute approximate surface area is 166 Å².